The van der Waals surface area contributed by atoms with Crippen LogP contribution in [0.4, 0.5) is 13.2 Å². The number of terminal acetylenes is 1. The summed E-state index contributed by atoms with van der Waals surface area (Å²) in [6.45, 7) is 0.0151. The molecule has 0 aliphatic heterocycles. The van der Waals surface area contributed by atoms with E-state index in [9.17, 15) is 18.0 Å². The lowest BCUT2D eigenvalue weighted by molar-refractivity contribution is 0.0491. The van der Waals surface area contributed by atoms with Gasteiger partial charge in [0, 0.05) is 6.42 Å². The zero-order chi connectivity index (χ0) is 15.1. The Balaban J connectivity index is 2.79. The molecule has 0 radical (unpaired) electrons. The SMILES string of the molecule is C#CCCCCOC(=O)c1cc(F)c(F)c(OC)c1F. The van der Waals surface area contributed by atoms with Crippen molar-refractivity contribution >= 4 is 5.97 Å². The van der Waals surface area contributed by atoms with E-state index in [1.165, 1.54) is 0 Å². The molecule has 0 unspecified atom stereocenters. The molecule has 0 saturated carbocycles. The molecule has 0 fully saturated rings. The highest BCUT2D eigenvalue weighted by Gasteiger charge is 2.24. The van der Waals surface area contributed by atoms with Crippen LogP contribution in [0.2, 0.25) is 0 Å². The summed E-state index contributed by atoms with van der Waals surface area (Å²) in [6, 6.07) is 0.441. The van der Waals surface area contributed by atoms with E-state index in [0.29, 0.717) is 25.3 Å². The van der Waals surface area contributed by atoms with E-state index in [0.717, 1.165) is 7.11 Å². The van der Waals surface area contributed by atoms with E-state index >= 15 is 0 Å². The van der Waals surface area contributed by atoms with Gasteiger partial charge in [-0.25, -0.2) is 13.6 Å². The van der Waals surface area contributed by atoms with Crippen LogP contribution in [0.1, 0.15) is 29.6 Å². The minimum absolute atomic E-state index is 0.0151. The maximum absolute atomic E-state index is 13.7. The van der Waals surface area contributed by atoms with Gasteiger partial charge < -0.3 is 9.47 Å². The predicted molar refractivity (Wildman–Crippen MR) is 65.8 cm³/mol. The van der Waals surface area contributed by atoms with Crippen LogP contribution in [0.25, 0.3) is 0 Å². The van der Waals surface area contributed by atoms with E-state index in [1.54, 1.807) is 0 Å². The third-order valence-electron chi connectivity index (χ3n) is 2.49. The first kappa shape index (κ1) is 15.9. The van der Waals surface area contributed by atoms with E-state index in [1.807, 2.05) is 0 Å². The highest BCUT2D eigenvalue weighted by molar-refractivity contribution is 5.90. The Labute approximate surface area is 114 Å². The summed E-state index contributed by atoms with van der Waals surface area (Å²) in [5, 5.41) is 0. The molecule has 108 valence electrons. The van der Waals surface area contributed by atoms with Gasteiger partial charge in [-0.2, -0.15) is 4.39 Å². The highest BCUT2D eigenvalue weighted by Crippen LogP contribution is 2.27. The molecule has 1 rings (SSSR count). The fourth-order valence-corrected chi connectivity index (χ4v) is 1.48. The first-order valence-corrected chi connectivity index (χ1v) is 5.85. The molecule has 0 aliphatic rings. The summed E-state index contributed by atoms with van der Waals surface area (Å²) < 4.78 is 49.3. The van der Waals surface area contributed by atoms with Crippen molar-refractivity contribution in [1.29, 1.82) is 0 Å². The molecular weight excluding hydrogens is 273 g/mol. The molecule has 1 aromatic carbocycles. The van der Waals surface area contributed by atoms with Crippen molar-refractivity contribution in [2.45, 2.75) is 19.3 Å². The maximum atomic E-state index is 13.7. The molecule has 0 amide bonds. The number of ether oxygens (including phenoxy) is 2. The highest BCUT2D eigenvalue weighted by atomic mass is 19.2. The second-order valence-electron chi connectivity index (χ2n) is 3.86. The fraction of sp³-hybridized carbons (Fsp3) is 0.357. The van der Waals surface area contributed by atoms with Gasteiger partial charge in [0.1, 0.15) is 5.56 Å². The van der Waals surface area contributed by atoms with Crippen molar-refractivity contribution in [3.63, 3.8) is 0 Å². The third-order valence-corrected chi connectivity index (χ3v) is 2.49. The van der Waals surface area contributed by atoms with E-state index < -0.39 is 34.7 Å². The lowest BCUT2D eigenvalue weighted by atomic mass is 10.2. The van der Waals surface area contributed by atoms with E-state index in [-0.39, 0.29) is 6.61 Å². The largest absolute Gasteiger partial charge is 0.491 e. The van der Waals surface area contributed by atoms with Gasteiger partial charge in [0.25, 0.3) is 0 Å². The predicted octanol–water partition coefficient (Wildman–Crippen LogP) is 3.07. The molecule has 0 atom stereocenters. The van der Waals surface area contributed by atoms with Crippen molar-refractivity contribution in [3.8, 4) is 18.1 Å². The number of carbonyl (C=O) groups excluding carboxylic acids is 1. The topological polar surface area (TPSA) is 35.5 Å². The van der Waals surface area contributed by atoms with Crippen molar-refractivity contribution in [1.82, 2.24) is 0 Å². The summed E-state index contributed by atoms with van der Waals surface area (Å²) in [6.07, 6.45) is 6.72. The first-order valence-electron chi connectivity index (χ1n) is 5.85. The number of unbranched alkanes of at least 4 members (excludes halogenated alkanes) is 2. The molecule has 6 heteroatoms. The van der Waals surface area contributed by atoms with E-state index in [2.05, 4.69) is 10.7 Å². The summed E-state index contributed by atoms with van der Waals surface area (Å²) >= 11 is 0. The number of hydrogen-bond acceptors (Lipinski definition) is 3. The van der Waals surface area contributed by atoms with Crippen LogP contribution < -0.4 is 4.74 Å². The molecule has 0 aliphatic carbocycles. The Morgan fingerprint density at radius 2 is 2.00 bits per heavy atom. The molecule has 0 N–H and O–H groups in total. The Kier molecular flexibility index (Phi) is 5.91. The van der Waals surface area contributed by atoms with Gasteiger partial charge in [-0.15, -0.1) is 12.3 Å². The molecule has 0 spiro atoms. The maximum Gasteiger partial charge on any atom is 0.341 e. The molecular formula is C14H13F3O3. The van der Waals surface area contributed by atoms with Crippen LogP contribution in [-0.2, 0) is 4.74 Å². The molecule has 0 heterocycles. The summed E-state index contributed by atoms with van der Waals surface area (Å²) in [7, 11) is 0.968. The fourth-order valence-electron chi connectivity index (χ4n) is 1.48. The second-order valence-corrected chi connectivity index (χ2v) is 3.86. The molecule has 20 heavy (non-hydrogen) atoms. The van der Waals surface area contributed by atoms with E-state index in [4.69, 9.17) is 11.2 Å². The second kappa shape index (κ2) is 7.43. The number of halogens is 3. The van der Waals surface area contributed by atoms with Gasteiger partial charge >= 0.3 is 5.97 Å². The van der Waals surface area contributed by atoms with Gasteiger partial charge in [-0.05, 0) is 18.9 Å². The minimum atomic E-state index is -1.49. The summed E-state index contributed by atoms with van der Waals surface area (Å²) in [5.41, 5.74) is -0.710. The zero-order valence-electron chi connectivity index (χ0n) is 10.8. The zero-order valence-corrected chi connectivity index (χ0v) is 10.8. The monoisotopic (exact) mass is 286 g/mol. The van der Waals surface area contributed by atoms with Gasteiger partial charge in [0.2, 0.25) is 5.82 Å². The average molecular weight is 286 g/mol. The Morgan fingerprint density at radius 1 is 1.30 bits per heavy atom. The van der Waals surface area contributed by atoms with Crippen LogP contribution in [0, 0.1) is 29.8 Å². The quantitative estimate of drug-likeness (QED) is 0.349. The number of methoxy groups -OCH3 is 1. The number of carbonyl (C=O) groups is 1. The van der Waals surface area contributed by atoms with Crippen molar-refractivity contribution in [3.05, 3.63) is 29.1 Å². The van der Waals surface area contributed by atoms with Gasteiger partial charge in [0.15, 0.2) is 17.4 Å². The van der Waals surface area contributed by atoms with Gasteiger partial charge in [-0.3, -0.25) is 0 Å². The standard InChI is InChI=1S/C14H13F3O3/c1-3-4-5-6-7-20-14(18)9-8-10(15)12(17)13(19-2)11(9)16/h1,8H,4-7H2,2H3. The Bertz CT molecular complexity index is 535. The van der Waals surface area contributed by atoms with Gasteiger partial charge in [0.05, 0.1) is 13.7 Å². The smallest absolute Gasteiger partial charge is 0.341 e. The van der Waals surface area contributed by atoms with Crippen molar-refractivity contribution < 1.29 is 27.4 Å². The molecule has 0 saturated heterocycles. The van der Waals surface area contributed by atoms with Crippen LogP contribution in [-0.4, -0.2) is 19.7 Å². The lowest BCUT2D eigenvalue weighted by Gasteiger charge is -2.09. The number of esters is 1. The van der Waals surface area contributed by atoms with Gasteiger partial charge in [-0.1, -0.05) is 0 Å². The molecule has 1 aromatic rings. The minimum Gasteiger partial charge on any atom is -0.491 e. The summed E-state index contributed by atoms with van der Waals surface area (Å²) in [5.74, 6) is -3.79. The molecule has 3 nitrogen and oxygen atoms in total. The lowest BCUT2D eigenvalue weighted by Crippen LogP contribution is -2.11. The Morgan fingerprint density at radius 3 is 2.60 bits per heavy atom. The van der Waals surface area contributed by atoms with Crippen molar-refractivity contribution in [2.24, 2.45) is 0 Å². The van der Waals surface area contributed by atoms with Crippen LogP contribution in [0.3, 0.4) is 0 Å². The normalized spacial score (nSPS) is 9.95. The average Bonchev–Trinajstić information content (AvgIpc) is 2.43. The van der Waals surface area contributed by atoms with Crippen molar-refractivity contribution in [2.75, 3.05) is 13.7 Å². The summed E-state index contributed by atoms with van der Waals surface area (Å²) in [4.78, 5) is 11.6. The number of hydrogen-bond donors (Lipinski definition) is 0. The van der Waals surface area contributed by atoms with Crippen LogP contribution >= 0.6 is 0 Å². The first-order chi connectivity index (χ1) is 9.52. The molecule has 0 bridgehead atoms. The number of benzene rings is 1. The molecule has 0 aromatic heterocycles. The third kappa shape index (κ3) is 3.67. The Hall–Kier alpha value is -2.16. The number of rotatable bonds is 6. The van der Waals surface area contributed by atoms with Crippen LogP contribution in [0.15, 0.2) is 6.07 Å². The van der Waals surface area contributed by atoms with Crippen LogP contribution in [0.5, 0.6) is 5.75 Å².